The number of halogens is 1. The maximum atomic E-state index is 9.53. The molecule has 2 N–H and O–H groups in total. The number of hydrogen-bond acceptors (Lipinski definition) is 4. The molecular weight excluding hydrogens is 310 g/mol. The molecule has 2 rings (SSSR count). The van der Waals surface area contributed by atoms with E-state index in [9.17, 15) is 5.11 Å². The normalized spacial score (nSPS) is 15.4. The molecule has 4 nitrogen and oxygen atoms in total. The molecule has 0 bridgehead atoms. The lowest BCUT2D eigenvalue weighted by Gasteiger charge is -2.19. The van der Waals surface area contributed by atoms with Crippen LogP contribution in [0.2, 0.25) is 0 Å². The number of benzene rings is 1. The first-order valence-corrected chi connectivity index (χ1v) is 6.98. The summed E-state index contributed by atoms with van der Waals surface area (Å²) < 4.78 is 11.6. The van der Waals surface area contributed by atoms with E-state index in [2.05, 4.69) is 27.3 Å². The SMILES string of the molecule is COCC(O)CNCC1=Cc2cc(Br)ccc2OC1. The van der Waals surface area contributed by atoms with Crippen LogP contribution < -0.4 is 10.1 Å². The highest BCUT2D eigenvalue weighted by atomic mass is 79.9. The van der Waals surface area contributed by atoms with Crippen molar-refractivity contribution in [3.8, 4) is 5.75 Å². The van der Waals surface area contributed by atoms with Gasteiger partial charge in [-0.15, -0.1) is 0 Å². The highest BCUT2D eigenvalue weighted by Crippen LogP contribution is 2.28. The summed E-state index contributed by atoms with van der Waals surface area (Å²) in [4.78, 5) is 0. The monoisotopic (exact) mass is 327 g/mol. The van der Waals surface area contributed by atoms with E-state index >= 15 is 0 Å². The summed E-state index contributed by atoms with van der Waals surface area (Å²) >= 11 is 3.45. The second-order valence-corrected chi connectivity index (χ2v) is 5.43. The van der Waals surface area contributed by atoms with Crippen molar-refractivity contribution in [2.75, 3.05) is 33.4 Å². The molecule has 1 aromatic carbocycles. The van der Waals surface area contributed by atoms with E-state index in [1.807, 2.05) is 18.2 Å². The Bertz CT molecular complexity index is 462. The Morgan fingerprint density at radius 2 is 2.37 bits per heavy atom. The third kappa shape index (κ3) is 4.31. The Kier molecular flexibility index (Phi) is 5.39. The van der Waals surface area contributed by atoms with Crippen LogP contribution in [0.5, 0.6) is 5.75 Å². The molecule has 0 amide bonds. The third-order valence-electron chi connectivity index (χ3n) is 2.84. The molecule has 1 aliphatic heterocycles. The van der Waals surface area contributed by atoms with Crippen LogP contribution in [-0.2, 0) is 4.74 Å². The van der Waals surface area contributed by atoms with Gasteiger partial charge in [0.25, 0.3) is 0 Å². The number of hydrogen-bond donors (Lipinski definition) is 2. The van der Waals surface area contributed by atoms with Crippen molar-refractivity contribution in [1.29, 1.82) is 0 Å². The van der Waals surface area contributed by atoms with Crippen LogP contribution in [0, 0.1) is 0 Å². The lowest BCUT2D eigenvalue weighted by molar-refractivity contribution is 0.0650. The molecule has 0 fully saturated rings. The summed E-state index contributed by atoms with van der Waals surface area (Å²) in [6.07, 6.45) is 1.65. The van der Waals surface area contributed by atoms with Gasteiger partial charge in [-0.3, -0.25) is 0 Å². The number of fused-ring (bicyclic) bond motifs is 1. The van der Waals surface area contributed by atoms with Crippen LogP contribution in [0.1, 0.15) is 5.56 Å². The number of ether oxygens (including phenoxy) is 2. The van der Waals surface area contributed by atoms with Crippen molar-refractivity contribution in [2.45, 2.75) is 6.10 Å². The van der Waals surface area contributed by atoms with Gasteiger partial charge in [-0.2, -0.15) is 0 Å². The summed E-state index contributed by atoms with van der Waals surface area (Å²) in [6, 6.07) is 5.97. The van der Waals surface area contributed by atoms with Crippen molar-refractivity contribution in [3.05, 3.63) is 33.8 Å². The average molecular weight is 328 g/mol. The maximum absolute atomic E-state index is 9.53. The molecule has 1 aromatic rings. The van der Waals surface area contributed by atoms with E-state index in [1.165, 1.54) is 0 Å². The predicted molar refractivity (Wildman–Crippen MR) is 78.4 cm³/mol. The van der Waals surface area contributed by atoms with Gasteiger partial charge in [0.05, 0.1) is 12.7 Å². The van der Waals surface area contributed by atoms with Crippen LogP contribution in [-0.4, -0.2) is 44.6 Å². The van der Waals surface area contributed by atoms with E-state index in [1.54, 1.807) is 7.11 Å². The smallest absolute Gasteiger partial charge is 0.127 e. The molecule has 19 heavy (non-hydrogen) atoms. The molecule has 5 heteroatoms. The topological polar surface area (TPSA) is 50.7 Å². The molecule has 0 aliphatic carbocycles. The molecule has 1 heterocycles. The maximum Gasteiger partial charge on any atom is 0.127 e. The minimum Gasteiger partial charge on any atom is -0.489 e. The van der Waals surface area contributed by atoms with Gasteiger partial charge in [0.2, 0.25) is 0 Å². The lowest BCUT2D eigenvalue weighted by atomic mass is 10.1. The first kappa shape index (κ1) is 14.5. The van der Waals surface area contributed by atoms with Crippen LogP contribution >= 0.6 is 15.9 Å². The molecule has 0 spiro atoms. The third-order valence-corrected chi connectivity index (χ3v) is 3.33. The van der Waals surface area contributed by atoms with Crippen LogP contribution in [0.25, 0.3) is 6.08 Å². The number of rotatable bonds is 6. The van der Waals surface area contributed by atoms with E-state index in [4.69, 9.17) is 9.47 Å². The zero-order valence-electron chi connectivity index (χ0n) is 10.9. The summed E-state index contributed by atoms with van der Waals surface area (Å²) in [5.41, 5.74) is 2.24. The van der Waals surface area contributed by atoms with E-state index < -0.39 is 6.10 Å². The fourth-order valence-electron chi connectivity index (χ4n) is 1.95. The number of methoxy groups -OCH3 is 1. The van der Waals surface area contributed by atoms with Crippen molar-refractivity contribution in [2.24, 2.45) is 0 Å². The molecule has 104 valence electrons. The zero-order chi connectivity index (χ0) is 13.7. The molecule has 1 aliphatic rings. The van der Waals surface area contributed by atoms with Crippen molar-refractivity contribution < 1.29 is 14.6 Å². The van der Waals surface area contributed by atoms with Gasteiger partial charge in [0.15, 0.2) is 0 Å². The number of aliphatic hydroxyl groups excluding tert-OH is 1. The standard InChI is InChI=1S/C14H18BrNO3/c1-18-9-13(17)7-16-6-10-4-11-5-12(15)2-3-14(11)19-8-10/h2-5,13,16-17H,6-9H2,1H3. The van der Waals surface area contributed by atoms with E-state index in [0.717, 1.165) is 21.4 Å². The quantitative estimate of drug-likeness (QED) is 0.836. The summed E-state index contributed by atoms with van der Waals surface area (Å²) in [6.45, 7) is 2.14. The minimum atomic E-state index is -0.475. The molecule has 0 saturated heterocycles. The van der Waals surface area contributed by atoms with Gasteiger partial charge in [0, 0.05) is 30.2 Å². The summed E-state index contributed by atoms with van der Waals surface area (Å²) in [7, 11) is 1.58. The second-order valence-electron chi connectivity index (χ2n) is 4.51. The van der Waals surface area contributed by atoms with Gasteiger partial charge in [0.1, 0.15) is 12.4 Å². The zero-order valence-corrected chi connectivity index (χ0v) is 12.4. The Labute approximate surface area is 121 Å². The summed E-state index contributed by atoms with van der Waals surface area (Å²) in [5.74, 6) is 0.909. The van der Waals surface area contributed by atoms with Crippen LogP contribution in [0.3, 0.4) is 0 Å². The van der Waals surface area contributed by atoms with E-state index in [-0.39, 0.29) is 0 Å². The van der Waals surface area contributed by atoms with Gasteiger partial charge in [-0.05, 0) is 29.8 Å². The highest BCUT2D eigenvalue weighted by molar-refractivity contribution is 9.10. The lowest BCUT2D eigenvalue weighted by Crippen LogP contribution is -2.32. The Balaban J connectivity index is 1.89. The summed E-state index contributed by atoms with van der Waals surface area (Å²) in [5, 5.41) is 12.7. The van der Waals surface area contributed by atoms with Crippen LogP contribution in [0.4, 0.5) is 0 Å². The second kappa shape index (κ2) is 7.05. The van der Waals surface area contributed by atoms with E-state index in [0.29, 0.717) is 26.3 Å². The number of nitrogens with one attached hydrogen (secondary N) is 1. The largest absolute Gasteiger partial charge is 0.489 e. The fraction of sp³-hybridized carbons (Fsp3) is 0.429. The molecular formula is C14H18BrNO3. The van der Waals surface area contributed by atoms with Gasteiger partial charge in [-0.25, -0.2) is 0 Å². The first-order valence-electron chi connectivity index (χ1n) is 6.18. The predicted octanol–water partition coefficient (Wildman–Crippen LogP) is 1.82. The average Bonchev–Trinajstić information content (AvgIpc) is 2.38. The molecule has 1 unspecified atom stereocenters. The molecule has 0 saturated carbocycles. The van der Waals surface area contributed by atoms with Gasteiger partial charge >= 0.3 is 0 Å². The Morgan fingerprint density at radius 3 is 3.16 bits per heavy atom. The first-order chi connectivity index (χ1) is 9.19. The van der Waals surface area contributed by atoms with Gasteiger partial charge < -0.3 is 19.9 Å². The Morgan fingerprint density at radius 1 is 1.53 bits per heavy atom. The molecule has 1 atom stereocenters. The number of aliphatic hydroxyl groups is 1. The highest BCUT2D eigenvalue weighted by Gasteiger charge is 2.12. The van der Waals surface area contributed by atoms with Crippen molar-refractivity contribution in [3.63, 3.8) is 0 Å². The molecule has 0 radical (unpaired) electrons. The van der Waals surface area contributed by atoms with Crippen molar-refractivity contribution >= 4 is 22.0 Å². The minimum absolute atomic E-state index is 0.346. The fourth-order valence-corrected chi connectivity index (χ4v) is 2.33. The molecule has 0 aromatic heterocycles. The van der Waals surface area contributed by atoms with Gasteiger partial charge in [-0.1, -0.05) is 15.9 Å². The van der Waals surface area contributed by atoms with Crippen LogP contribution in [0.15, 0.2) is 28.2 Å². The Hall–Kier alpha value is -0.880. The van der Waals surface area contributed by atoms with Crippen molar-refractivity contribution in [1.82, 2.24) is 5.32 Å².